The number of aryl methyl sites for hydroxylation is 1. The fourth-order valence-corrected chi connectivity index (χ4v) is 3.33. The first-order valence-corrected chi connectivity index (χ1v) is 7.71. The van der Waals surface area contributed by atoms with Crippen molar-refractivity contribution in [3.05, 3.63) is 42.2 Å². The number of nitrogens with zero attached hydrogens (tertiary/aromatic N) is 3. The molecule has 0 saturated carbocycles. The second kappa shape index (κ2) is 5.64. The molecule has 1 aromatic heterocycles. The number of nitrogens with two attached hydrogens (primary N) is 1. The van der Waals surface area contributed by atoms with Crippen molar-refractivity contribution in [1.82, 2.24) is 14.1 Å². The van der Waals surface area contributed by atoms with Crippen molar-refractivity contribution < 1.29 is 8.42 Å². The molecule has 0 aliphatic heterocycles. The van der Waals surface area contributed by atoms with Crippen molar-refractivity contribution in [2.75, 3.05) is 12.3 Å². The van der Waals surface area contributed by atoms with Crippen LogP contribution >= 0.6 is 0 Å². The molecule has 0 radical (unpaired) electrons. The molecular weight excluding hydrogens is 276 g/mol. The highest BCUT2D eigenvalue weighted by molar-refractivity contribution is 7.89. The van der Waals surface area contributed by atoms with Crippen LogP contribution in [-0.2, 0) is 23.6 Å². The summed E-state index contributed by atoms with van der Waals surface area (Å²) in [7, 11) is -1.87. The second-order valence-electron chi connectivity index (χ2n) is 4.48. The van der Waals surface area contributed by atoms with Gasteiger partial charge in [-0.25, -0.2) is 8.42 Å². The van der Waals surface area contributed by atoms with E-state index < -0.39 is 10.0 Å². The van der Waals surface area contributed by atoms with Crippen LogP contribution in [0.4, 0.5) is 5.69 Å². The Balaban J connectivity index is 2.31. The maximum atomic E-state index is 12.5. The Morgan fingerprint density at radius 1 is 1.35 bits per heavy atom. The van der Waals surface area contributed by atoms with Gasteiger partial charge in [-0.2, -0.15) is 9.40 Å². The monoisotopic (exact) mass is 294 g/mol. The van der Waals surface area contributed by atoms with Gasteiger partial charge in [-0.15, -0.1) is 0 Å². The lowest BCUT2D eigenvalue weighted by Gasteiger charge is -2.20. The van der Waals surface area contributed by atoms with Gasteiger partial charge in [0.15, 0.2) is 0 Å². The number of para-hydroxylation sites is 1. The average molecular weight is 294 g/mol. The van der Waals surface area contributed by atoms with Crippen LogP contribution in [0.5, 0.6) is 0 Å². The van der Waals surface area contributed by atoms with Crippen molar-refractivity contribution >= 4 is 15.7 Å². The molecule has 2 N–H and O–H groups in total. The molecule has 0 unspecified atom stereocenters. The second-order valence-corrected chi connectivity index (χ2v) is 6.42. The van der Waals surface area contributed by atoms with E-state index in [0.29, 0.717) is 12.2 Å². The Bertz CT molecular complexity index is 694. The summed E-state index contributed by atoms with van der Waals surface area (Å²) >= 11 is 0. The van der Waals surface area contributed by atoms with Crippen LogP contribution < -0.4 is 5.73 Å². The summed E-state index contributed by atoms with van der Waals surface area (Å²) < 4.78 is 27.9. The number of aromatic nitrogens is 2. The van der Waals surface area contributed by atoms with Gasteiger partial charge < -0.3 is 5.73 Å². The predicted molar refractivity (Wildman–Crippen MR) is 77.3 cm³/mol. The van der Waals surface area contributed by atoms with Crippen molar-refractivity contribution in [2.45, 2.75) is 18.4 Å². The fourth-order valence-electron chi connectivity index (χ4n) is 1.92. The molecule has 1 heterocycles. The van der Waals surface area contributed by atoms with Gasteiger partial charge in [-0.1, -0.05) is 25.1 Å². The zero-order valence-electron chi connectivity index (χ0n) is 11.5. The quantitative estimate of drug-likeness (QED) is 0.841. The van der Waals surface area contributed by atoms with Crippen molar-refractivity contribution in [2.24, 2.45) is 7.05 Å². The first-order chi connectivity index (χ1) is 9.45. The molecule has 0 atom stereocenters. The van der Waals surface area contributed by atoms with E-state index in [1.807, 2.05) is 18.2 Å². The van der Waals surface area contributed by atoms with Gasteiger partial charge >= 0.3 is 0 Å². The molecule has 0 amide bonds. The predicted octanol–water partition coefficient (Wildman–Crippen LogP) is 1.21. The minimum Gasteiger partial charge on any atom is -0.398 e. The van der Waals surface area contributed by atoms with Gasteiger partial charge in [-0.3, -0.25) is 4.68 Å². The Morgan fingerprint density at radius 2 is 2.05 bits per heavy atom. The number of rotatable bonds is 5. The van der Waals surface area contributed by atoms with Crippen molar-refractivity contribution in [3.63, 3.8) is 0 Å². The molecule has 1 aromatic carbocycles. The fraction of sp³-hybridized carbons (Fsp3) is 0.308. The number of benzene rings is 1. The van der Waals surface area contributed by atoms with Gasteiger partial charge in [0.2, 0.25) is 10.0 Å². The van der Waals surface area contributed by atoms with Crippen LogP contribution in [0.1, 0.15) is 12.5 Å². The summed E-state index contributed by atoms with van der Waals surface area (Å²) in [6.07, 6.45) is 2.85. The van der Waals surface area contributed by atoms with Crippen LogP contribution in [0.2, 0.25) is 0 Å². The maximum absolute atomic E-state index is 12.5. The van der Waals surface area contributed by atoms with Crippen LogP contribution in [0.15, 0.2) is 41.6 Å². The Morgan fingerprint density at radius 3 is 2.60 bits per heavy atom. The van der Waals surface area contributed by atoms with Crippen LogP contribution in [-0.4, -0.2) is 29.0 Å². The van der Waals surface area contributed by atoms with E-state index in [2.05, 4.69) is 5.10 Å². The molecule has 0 spiro atoms. The largest absolute Gasteiger partial charge is 0.398 e. The normalized spacial score (nSPS) is 11.9. The van der Waals surface area contributed by atoms with E-state index in [9.17, 15) is 8.42 Å². The highest BCUT2D eigenvalue weighted by Crippen LogP contribution is 2.20. The van der Waals surface area contributed by atoms with Crippen LogP contribution in [0.25, 0.3) is 0 Å². The van der Waals surface area contributed by atoms with E-state index >= 15 is 0 Å². The smallest absolute Gasteiger partial charge is 0.246 e. The topological polar surface area (TPSA) is 81.2 Å². The lowest BCUT2D eigenvalue weighted by Crippen LogP contribution is -2.30. The Labute approximate surface area is 118 Å². The molecule has 0 aliphatic carbocycles. The van der Waals surface area contributed by atoms with Gasteiger partial charge in [0.05, 0.1) is 6.20 Å². The third-order valence-electron chi connectivity index (χ3n) is 3.07. The number of sulfonamides is 1. The molecule has 108 valence electrons. The molecule has 0 fully saturated rings. The van der Waals surface area contributed by atoms with Crippen molar-refractivity contribution in [3.8, 4) is 0 Å². The standard InChI is InChI=1S/C13H18N4O2S/c1-3-17(9-11-6-4-5-7-13(11)14)20(18,19)12-8-15-16(2)10-12/h4-8,10H,3,9,14H2,1-2H3. The molecule has 6 nitrogen and oxygen atoms in total. The molecule has 20 heavy (non-hydrogen) atoms. The number of anilines is 1. The minimum atomic E-state index is -3.55. The highest BCUT2D eigenvalue weighted by atomic mass is 32.2. The van der Waals surface area contributed by atoms with E-state index in [1.165, 1.54) is 21.4 Å². The Kier molecular flexibility index (Phi) is 4.10. The average Bonchev–Trinajstić information content (AvgIpc) is 2.85. The van der Waals surface area contributed by atoms with E-state index in [-0.39, 0.29) is 11.4 Å². The zero-order chi connectivity index (χ0) is 14.8. The summed E-state index contributed by atoms with van der Waals surface area (Å²) in [4.78, 5) is 0.191. The lowest BCUT2D eigenvalue weighted by molar-refractivity contribution is 0.424. The number of nitrogen functional groups attached to an aromatic ring is 1. The summed E-state index contributed by atoms with van der Waals surface area (Å²) in [5, 5.41) is 3.91. The van der Waals surface area contributed by atoms with E-state index in [0.717, 1.165) is 5.56 Å². The Hall–Kier alpha value is -1.86. The molecule has 7 heteroatoms. The van der Waals surface area contributed by atoms with E-state index in [1.54, 1.807) is 20.0 Å². The van der Waals surface area contributed by atoms with E-state index in [4.69, 9.17) is 5.73 Å². The zero-order valence-corrected chi connectivity index (χ0v) is 12.3. The van der Waals surface area contributed by atoms with Gasteiger partial charge in [-0.05, 0) is 11.6 Å². The summed E-state index contributed by atoms with van der Waals surface area (Å²) in [6, 6.07) is 7.26. The summed E-state index contributed by atoms with van der Waals surface area (Å²) in [5.74, 6) is 0. The summed E-state index contributed by atoms with van der Waals surface area (Å²) in [6.45, 7) is 2.42. The first kappa shape index (κ1) is 14.5. The van der Waals surface area contributed by atoms with Crippen LogP contribution in [0.3, 0.4) is 0 Å². The molecule has 0 aliphatic rings. The van der Waals surface area contributed by atoms with Gasteiger partial charge in [0, 0.05) is 32.0 Å². The maximum Gasteiger partial charge on any atom is 0.246 e. The number of hydrogen-bond acceptors (Lipinski definition) is 4. The molecule has 0 bridgehead atoms. The third-order valence-corrected chi connectivity index (χ3v) is 4.95. The van der Waals surface area contributed by atoms with Gasteiger partial charge in [0.1, 0.15) is 4.90 Å². The molecule has 0 saturated heterocycles. The van der Waals surface area contributed by atoms with Gasteiger partial charge in [0.25, 0.3) is 0 Å². The SMILES string of the molecule is CCN(Cc1ccccc1N)S(=O)(=O)c1cnn(C)c1. The summed E-state index contributed by atoms with van der Waals surface area (Å²) in [5.41, 5.74) is 7.26. The minimum absolute atomic E-state index is 0.191. The molecule has 2 rings (SSSR count). The molecule has 2 aromatic rings. The van der Waals surface area contributed by atoms with Crippen molar-refractivity contribution in [1.29, 1.82) is 0 Å². The number of hydrogen-bond donors (Lipinski definition) is 1. The molecular formula is C13H18N4O2S. The first-order valence-electron chi connectivity index (χ1n) is 6.27. The van der Waals surface area contributed by atoms with Crippen LogP contribution in [0, 0.1) is 0 Å². The lowest BCUT2D eigenvalue weighted by atomic mass is 10.2. The highest BCUT2D eigenvalue weighted by Gasteiger charge is 2.25. The third kappa shape index (κ3) is 2.83.